The average Bonchev–Trinajstić information content (AvgIpc) is 3.15. The van der Waals surface area contributed by atoms with Crippen molar-refractivity contribution in [2.75, 3.05) is 10.7 Å². The van der Waals surface area contributed by atoms with Crippen LogP contribution in [0.2, 0.25) is 0 Å². The third-order valence-corrected chi connectivity index (χ3v) is 7.66. The predicted molar refractivity (Wildman–Crippen MR) is 121 cm³/mol. The summed E-state index contributed by atoms with van der Waals surface area (Å²) in [7, 11) is -4.28. The maximum atomic E-state index is 13.4. The quantitative estimate of drug-likeness (QED) is 0.583. The Morgan fingerprint density at radius 3 is 2.24 bits per heavy atom. The monoisotopic (exact) mass is 488 g/mol. The molecule has 1 heterocycles. The van der Waals surface area contributed by atoms with Crippen LogP contribution in [0.15, 0.2) is 71.6 Å². The molecule has 3 aromatic carbocycles. The number of anilines is 1. The van der Waals surface area contributed by atoms with Crippen LogP contribution >= 0.6 is 11.8 Å². The maximum Gasteiger partial charge on any atom is 0.267 e. The second kappa shape index (κ2) is 8.95. The zero-order valence-electron chi connectivity index (χ0n) is 17.3. The third-order valence-electron chi connectivity index (χ3n) is 5.10. The van der Waals surface area contributed by atoms with Gasteiger partial charge < -0.3 is 0 Å². The Hall–Kier alpha value is -3.24. The van der Waals surface area contributed by atoms with Crippen molar-refractivity contribution in [1.29, 1.82) is 0 Å². The first-order valence-electron chi connectivity index (χ1n) is 9.79. The van der Waals surface area contributed by atoms with Crippen LogP contribution in [-0.4, -0.2) is 26.0 Å². The van der Waals surface area contributed by atoms with Crippen molar-refractivity contribution < 1.29 is 26.8 Å². The SMILES string of the molecule is Cc1cccc(C(=O)NS(=O)(=O)c2ccc(F)cc2)c1N1C(=O)CSC1c1ccc(F)cc1. The molecule has 0 aromatic heterocycles. The lowest BCUT2D eigenvalue weighted by molar-refractivity contribution is -0.115. The van der Waals surface area contributed by atoms with Crippen molar-refractivity contribution in [2.45, 2.75) is 17.2 Å². The van der Waals surface area contributed by atoms with Crippen LogP contribution in [0, 0.1) is 18.6 Å². The zero-order valence-corrected chi connectivity index (χ0v) is 18.9. The number of para-hydroxylation sites is 1. The van der Waals surface area contributed by atoms with Crippen LogP contribution in [0.1, 0.15) is 26.9 Å². The summed E-state index contributed by atoms with van der Waals surface area (Å²) >= 11 is 1.32. The number of nitrogens with one attached hydrogen (secondary N) is 1. The first-order chi connectivity index (χ1) is 15.7. The number of sulfonamides is 1. The molecular weight excluding hydrogens is 470 g/mol. The third kappa shape index (κ3) is 4.62. The number of thioether (sulfide) groups is 1. The molecule has 1 aliphatic heterocycles. The van der Waals surface area contributed by atoms with E-state index in [0.717, 1.165) is 24.3 Å². The molecule has 1 saturated heterocycles. The Labute approximate surface area is 193 Å². The van der Waals surface area contributed by atoms with E-state index in [2.05, 4.69) is 0 Å². The molecule has 170 valence electrons. The van der Waals surface area contributed by atoms with Gasteiger partial charge in [-0.15, -0.1) is 11.8 Å². The van der Waals surface area contributed by atoms with E-state index in [-0.39, 0.29) is 27.8 Å². The Bertz CT molecular complexity index is 1330. The molecular formula is C23H18F2N2O4S2. The number of rotatable bonds is 5. The first-order valence-corrected chi connectivity index (χ1v) is 12.3. The number of hydrogen-bond donors (Lipinski definition) is 1. The van der Waals surface area contributed by atoms with Crippen LogP contribution in [0.4, 0.5) is 14.5 Å². The van der Waals surface area contributed by atoms with Crippen LogP contribution in [0.3, 0.4) is 0 Å². The number of amides is 2. The van der Waals surface area contributed by atoms with Crippen LogP contribution < -0.4 is 9.62 Å². The second-order valence-corrected chi connectivity index (χ2v) is 10.1. The summed E-state index contributed by atoms with van der Waals surface area (Å²) in [5.41, 5.74) is 1.52. The smallest absolute Gasteiger partial charge is 0.267 e. The number of nitrogens with zero attached hydrogens (tertiary/aromatic N) is 1. The van der Waals surface area contributed by atoms with Gasteiger partial charge in [-0.3, -0.25) is 14.5 Å². The van der Waals surface area contributed by atoms with Gasteiger partial charge in [-0.1, -0.05) is 24.3 Å². The van der Waals surface area contributed by atoms with Crippen molar-refractivity contribution >= 4 is 39.3 Å². The first kappa shape index (κ1) is 22.9. The molecule has 3 aromatic rings. The normalized spacial score (nSPS) is 16.2. The Kier molecular flexibility index (Phi) is 6.22. The fraction of sp³-hybridized carbons (Fsp3) is 0.130. The average molecular weight is 489 g/mol. The molecule has 1 unspecified atom stereocenters. The highest BCUT2D eigenvalue weighted by molar-refractivity contribution is 8.00. The van der Waals surface area contributed by atoms with Gasteiger partial charge in [-0.05, 0) is 60.5 Å². The molecule has 1 N–H and O–H groups in total. The summed E-state index contributed by atoms with van der Waals surface area (Å²) in [6.45, 7) is 1.71. The highest BCUT2D eigenvalue weighted by Crippen LogP contribution is 2.44. The molecule has 0 aliphatic carbocycles. The number of halogens is 2. The van der Waals surface area contributed by atoms with E-state index in [9.17, 15) is 26.8 Å². The van der Waals surface area contributed by atoms with Crippen molar-refractivity contribution in [3.05, 3.63) is 95.1 Å². The maximum absolute atomic E-state index is 13.4. The summed E-state index contributed by atoms with van der Waals surface area (Å²) < 4.78 is 53.9. The van der Waals surface area contributed by atoms with E-state index in [1.165, 1.54) is 34.9 Å². The molecule has 0 saturated carbocycles. The van der Waals surface area contributed by atoms with Gasteiger partial charge in [0.25, 0.3) is 15.9 Å². The van der Waals surface area contributed by atoms with Gasteiger partial charge in [-0.2, -0.15) is 0 Å². The van der Waals surface area contributed by atoms with Crippen LogP contribution in [0.25, 0.3) is 0 Å². The number of hydrogen-bond acceptors (Lipinski definition) is 5. The lowest BCUT2D eigenvalue weighted by Crippen LogP contribution is -2.34. The minimum atomic E-state index is -4.28. The van der Waals surface area contributed by atoms with Gasteiger partial charge in [0.15, 0.2) is 0 Å². The lowest BCUT2D eigenvalue weighted by atomic mass is 10.0. The van der Waals surface area contributed by atoms with E-state index in [1.807, 2.05) is 4.72 Å². The molecule has 33 heavy (non-hydrogen) atoms. The minimum absolute atomic E-state index is 0.0105. The van der Waals surface area contributed by atoms with Crippen molar-refractivity contribution in [3.63, 3.8) is 0 Å². The fourth-order valence-corrected chi connectivity index (χ4v) is 5.68. The summed E-state index contributed by atoms with van der Waals surface area (Å²) in [5, 5.41) is -0.514. The van der Waals surface area contributed by atoms with Crippen molar-refractivity contribution in [2.24, 2.45) is 0 Å². The largest absolute Gasteiger partial charge is 0.294 e. The number of carbonyl (C=O) groups excluding carboxylic acids is 2. The van der Waals surface area contributed by atoms with Gasteiger partial charge >= 0.3 is 0 Å². The molecule has 2 amide bonds. The molecule has 10 heteroatoms. The van der Waals surface area contributed by atoms with Gasteiger partial charge in [0.05, 0.1) is 21.9 Å². The Morgan fingerprint density at radius 1 is 1.00 bits per heavy atom. The van der Waals surface area contributed by atoms with E-state index in [1.54, 1.807) is 31.2 Å². The topological polar surface area (TPSA) is 83.6 Å². The fourth-order valence-electron chi connectivity index (χ4n) is 3.55. The number of benzene rings is 3. The van der Waals surface area contributed by atoms with Crippen molar-refractivity contribution in [3.8, 4) is 0 Å². The summed E-state index contributed by atoms with van der Waals surface area (Å²) in [5.74, 6) is -2.08. The van der Waals surface area contributed by atoms with Crippen molar-refractivity contribution in [1.82, 2.24) is 4.72 Å². The van der Waals surface area contributed by atoms with Crippen LogP contribution in [-0.2, 0) is 14.8 Å². The van der Waals surface area contributed by atoms with E-state index >= 15 is 0 Å². The summed E-state index contributed by atoms with van der Waals surface area (Å²) in [4.78, 5) is 27.1. The van der Waals surface area contributed by atoms with E-state index in [4.69, 9.17) is 0 Å². The molecule has 1 atom stereocenters. The highest BCUT2D eigenvalue weighted by atomic mass is 32.2. The van der Waals surface area contributed by atoms with Gasteiger partial charge in [0.1, 0.15) is 17.0 Å². The van der Waals surface area contributed by atoms with Gasteiger partial charge in [0, 0.05) is 0 Å². The summed E-state index contributed by atoms with van der Waals surface area (Å²) in [6, 6.07) is 14.5. The van der Waals surface area contributed by atoms with Crippen LogP contribution in [0.5, 0.6) is 0 Å². The standard InChI is InChI=1S/C23H18F2N2O4S2/c1-14-3-2-4-19(22(29)26-33(30,31)18-11-9-17(25)10-12-18)21(14)27-20(28)13-32-23(27)15-5-7-16(24)8-6-15/h2-12,23H,13H2,1H3,(H,26,29). The molecule has 0 bridgehead atoms. The predicted octanol–water partition coefficient (Wildman–Crippen LogP) is 4.17. The Balaban J connectivity index is 1.72. The Morgan fingerprint density at radius 2 is 1.61 bits per heavy atom. The highest BCUT2D eigenvalue weighted by Gasteiger charge is 2.37. The van der Waals surface area contributed by atoms with Gasteiger partial charge in [-0.25, -0.2) is 21.9 Å². The summed E-state index contributed by atoms with van der Waals surface area (Å²) in [6.07, 6.45) is 0. The van der Waals surface area contributed by atoms with E-state index < -0.39 is 32.9 Å². The van der Waals surface area contributed by atoms with E-state index in [0.29, 0.717) is 11.1 Å². The number of aryl methyl sites for hydroxylation is 1. The zero-order chi connectivity index (χ0) is 23.8. The molecule has 0 radical (unpaired) electrons. The molecule has 0 spiro atoms. The molecule has 1 aliphatic rings. The molecule has 4 rings (SSSR count). The van der Waals surface area contributed by atoms with Gasteiger partial charge in [0.2, 0.25) is 5.91 Å². The lowest BCUT2D eigenvalue weighted by Gasteiger charge is -2.28. The number of carbonyl (C=O) groups is 2. The molecule has 6 nitrogen and oxygen atoms in total. The second-order valence-electron chi connectivity index (χ2n) is 7.34. The molecule has 1 fully saturated rings. The minimum Gasteiger partial charge on any atom is -0.294 e.